The van der Waals surface area contributed by atoms with E-state index in [1.165, 1.54) is 0 Å². The zero-order valence-corrected chi connectivity index (χ0v) is 17.6. The predicted molar refractivity (Wildman–Crippen MR) is 118 cm³/mol. The van der Waals surface area contributed by atoms with Gasteiger partial charge in [-0.25, -0.2) is 0 Å². The average Bonchev–Trinajstić information content (AvgIpc) is 2.70. The number of benzene rings is 2. The van der Waals surface area contributed by atoms with Crippen LogP contribution in [0.4, 0.5) is 5.69 Å². The quantitative estimate of drug-likeness (QED) is 0.186. The van der Waals surface area contributed by atoms with Crippen LogP contribution in [0.5, 0.6) is 5.75 Å². The maximum atomic E-state index is 12.6. The van der Waals surface area contributed by atoms with E-state index in [1.54, 1.807) is 24.3 Å². The van der Waals surface area contributed by atoms with E-state index in [0.29, 0.717) is 23.3 Å². The summed E-state index contributed by atoms with van der Waals surface area (Å²) in [7, 11) is 3.92. The van der Waals surface area contributed by atoms with Crippen LogP contribution in [-0.2, 0) is 4.79 Å². The highest BCUT2D eigenvalue weighted by Gasteiger charge is 2.11. The molecule has 0 aliphatic heterocycles. The minimum absolute atomic E-state index is 0.0515. The second-order valence-corrected chi connectivity index (χ2v) is 7.46. The first kappa shape index (κ1) is 22.0. The Morgan fingerprint density at radius 1 is 0.821 bits per heavy atom. The summed E-state index contributed by atoms with van der Waals surface area (Å²) in [4.78, 5) is 26.5. The average molecular weight is 400 g/mol. The number of carbonyl (C=O) groups excluding carboxylic acids is 2. The smallest absolute Gasteiger partial charge is 0.311 e. The highest BCUT2D eigenvalue weighted by molar-refractivity contribution is 7.80. The molecule has 0 N–H and O–H groups in total. The van der Waals surface area contributed by atoms with Crippen LogP contribution in [0, 0.1) is 0 Å². The van der Waals surface area contributed by atoms with Gasteiger partial charge in [-0.05, 0) is 67.1 Å². The van der Waals surface area contributed by atoms with E-state index in [1.807, 2.05) is 43.3 Å². The van der Waals surface area contributed by atoms with E-state index >= 15 is 0 Å². The van der Waals surface area contributed by atoms with Crippen molar-refractivity contribution in [3.8, 4) is 5.75 Å². The summed E-state index contributed by atoms with van der Waals surface area (Å²) in [6.45, 7) is 0. The summed E-state index contributed by atoms with van der Waals surface area (Å²) in [5, 5.41) is 0. The van der Waals surface area contributed by atoms with Crippen molar-refractivity contribution in [3.05, 3.63) is 59.7 Å². The molecule has 0 heterocycles. The van der Waals surface area contributed by atoms with Gasteiger partial charge in [-0.2, -0.15) is 12.6 Å². The van der Waals surface area contributed by atoms with Gasteiger partial charge in [0.2, 0.25) is 0 Å². The molecule has 150 valence electrons. The molecule has 0 radical (unpaired) electrons. The molecular formula is C23H29NO3S. The van der Waals surface area contributed by atoms with Crippen LogP contribution < -0.4 is 9.64 Å². The van der Waals surface area contributed by atoms with Crippen molar-refractivity contribution < 1.29 is 14.3 Å². The Kier molecular flexibility index (Phi) is 9.08. The van der Waals surface area contributed by atoms with Gasteiger partial charge < -0.3 is 9.64 Å². The number of esters is 1. The van der Waals surface area contributed by atoms with E-state index in [0.717, 1.165) is 43.5 Å². The number of ketones is 1. The monoisotopic (exact) mass is 399 g/mol. The molecule has 0 atom stereocenters. The highest BCUT2D eigenvalue weighted by Crippen LogP contribution is 2.19. The van der Waals surface area contributed by atoms with Crippen LogP contribution >= 0.6 is 12.6 Å². The van der Waals surface area contributed by atoms with Crippen LogP contribution in [0.25, 0.3) is 0 Å². The van der Waals surface area contributed by atoms with Crippen LogP contribution in [0.3, 0.4) is 0 Å². The van der Waals surface area contributed by atoms with Gasteiger partial charge in [0.15, 0.2) is 5.78 Å². The molecule has 0 saturated heterocycles. The molecule has 2 rings (SSSR count). The van der Waals surface area contributed by atoms with Gasteiger partial charge in [0.05, 0.1) is 0 Å². The molecule has 0 aromatic heterocycles. The van der Waals surface area contributed by atoms with Crippen molar-refractivity contribution >= 4 is 30.1 Å². The molecule has 4 nitrogen and oxygen atoms in total. The Hall–Kier alpha value is -2.27. The van der Waals surface area contributed by atoms with E-state index in [2.05, 4.69) is 12.6 Å². The number of anilines is 1. The van der Waals surface area contributed by atoms with Crippen LogP contribution in [0.15, 0.2) is 48.5 Å². The fourth-order valence-electron chi connectivity index (χ4n) is 2.85. The number of nitrogens with zero attached hydrogens (tertiary/aromatic N) is 1. The number of rotatable bonds is 11. The Balaban J connectivity index is 1.83. The van der Waals surface area contributed by atoms with Gasteiger partial charge >= 0.3 is 5.97 Å². The molecule has 0 amide bonds. The molecular weight excluding hydrogens is 370 g/mol. The summed E-state index contributed by atoms with van der Waals surface area (Å²) in [6, 6.07) is 14.2. The summed E-state index contributed by atoms with van der Waals surface area (Å²) in [5.41, 5.74) is 2.25. The predicted octanol–water partition coefficient (Wildman–Crippen LogP) is 5.16. The number of carbonyl (C=O) groups is 2. The van der Waals surface area contributed by atoms with Crippen molar-refractivity contribution in [3.63, 3.8) is 0 Å². The Bertz CT molecular complexity index is 754. The van der Waals surface area contributed by atoms with Crippen LogP contribution in [-0.4, -0.2) is 31.6 Å². The zero-order valence-electron chi connectivity index (χ0n) is 16.7. The summed E-state index contributed by atoms with van der Waals surface area (Å²) < 4.78 is 5.36. The third kappa shape index (κ3) is 7.04. The maximum absolute atomic E-state index is 12.6. The molecule has 0 saturated carbocycles. The SMILES string of the molecule is CN(C)c1ccc(C(=O)c2ccc(OC(=O)CCCCCCCS)cc2)cc1. The lowest BCUT2D eigenvalue weighted by atomic mass is 10.0. The molecule has 0 aliphatic rings. The van der Waals surface area contributed by atoms with Crippen LogP contribution in [0.2, 0.25) is 0 Å². The van der Waals surface area contributed by atoms with Crippen molar-refractivity contribution in [1.29, 1.82) is 0 Å². The van der Waals surface area contributed by atoms with Crippen molar-refractivity contribution in [1.82, 2.24) is 0 Å². The van der Waals surface area contributed by atoms with Crippen molar-refractivity contribution in [2.45, 2.75) is 38.5 Å². The maximum Gasteiger partial charge on any atom is 0.311 e. The molecule has 0 unspecified atom stereocenters. The second-order valence-electron chi connectivity index (χ2n) is 7.01. The summed E-state index contributed by atoms with van der Waals surface area (Å²) in [5.74, 6) is 1.11. The standard InChI is InChI=1S/C23H29NO3S/c1-24(2)20-13-9-18(10-14-20)23(26)19-11-15-21(16-12-19)27-22(25)8-6-4-3-5-7-17-28/h9-16,28H,3-8,17H2,1-2H3. The van der Waals surface area contributed by atoms with Gasteiger partial charge in [-0.1, -0.05) is 19.3 Å². The van der Waals surface area contributed by atoms with E-state index in [9.17, 15) is 9.59 Å². The number of thiol groups is 1. The first-order chi connectivity index (χ1) is 13.5. The van der Waals surface area contributed by atoms with E-state index in [4.69, 9.17) is 4.74 Å². The Labute approximate surface area is 173 Å². The molecule has 2 aromatic carbocycles. The largest absolute Gasteiger partial charge is 0.427 e. The normalized spacial score (nSPS) is 10.5. The molecule has 2 aromatic rings. The second kappa shape index (κ2) is 11.5. The first-order valence-corrected chi connectivity index (χ1v) is 10.4. The van der Waals surface area contributed by atoms with Gasteiger partial charge in [0.25, 0.3) is 0 Å². The van der Waals surface area contributed by atoms with Gasteiger partial charge in [0, 0.05) is 37.3 Å². The first-order valence-electron chi connectivity index (χ1n) is 9.75. The topological polar surface area (TPSA) is 46.6 Å². The number of unbranched alkanes of at least 4 members (excludes halogenated alkanes) is 4. The zero-order chi connectivity index (χ0) is 20.4. The van der Waals surface area contributed by atoms with Gasteiger partial charge in [0.1, 0.15) is 5.75 Å². The molecule has 0 fully saturated rings. The molecule has 5 heteroatoms. The van der Waals surface area contributed by atoms with Gasteiger partial charge in [-0.15, -0.1) is 0 Å². The highest BCUT2D eigenvalue weighted by atomic mass is 32.1. The van der Waals surface area contributed by atoms with Crippen molar-refractivity contribution in [2.75, 3.05) is 24.7 Å². The molecule has 28 heavy (non-hydrogen) atoms. The fourth-order valence-corrected chi connectivity index (χ4v) is 3.07. The fraction of sp³-hybridized carbons (Fsp3) is 0.391. The lowest BCUT2D eigenvalue weighted by Gasteiger charge is -2.12. The number of hydrogen-bond acceptors (Lipinski definition) is 5. The summed E-state index contributed by atoms with van der Waals surface area (Å²) >= 11 is 4.19. The van der Waals surface area contributed by atoms with Gasteiger partial charge in [-0.3, -0.25) is 9.59 Å². The number of ether oxygens (including phenoxy) is 1. The van der Waals surface area contributed by atoms with E-state index in [-0.39, 0.29) is 11.8 Å². The minimum atomic E-state index is -0.229. The van der Waals surface area contributed by atoms with Crippen molar-refractivity contribution in [2.24, 2.45) is 0 Å². The van der Waals surface area contributed by atoms with Crippen LogP contribution in [0.1, 0.15) is 54.4 Å². The summed E-state index contributed by atoms with van der Waals surface area (Å²) in [6.07, 6.45) is 5.69. The minimum Gasteiger partial charge on any atom is -0.427 e. The Morgan fingerprint density at radius 2 is 1.36 bits per heavy atom. The Morgan fingerprint density at radius 3 is 1.93 bits per heavy atom. The molecule has 0 bridgehead atoms. The molecule has 0 aliphatic carbocycles. The molecule has 0 spiro atoms. The van der Waals surface area contributed by atoms with E-state index < -0.39 is 0 Å². The lowest BCUT2D eigenvalue weighted by molar-refractivity contribution is -0.134. The third-order valence-corrected chi connectivity index (χ3v) is 4.85. The number of hydrogen-bond donors (Lipinski definition) is 1. The lowest BCUT2D eigenvalue weighted by Crippen LogP contribution is -2.09. The third-order valence-electron chi connectivity index (χ3n) is 4.53.